The zero-order valence-corrected chi connectivity index (χ0v) is 23.0. The number of aromatic nitrogens is 2. The third kappa shape index (κ3) is 8.04. The summed E-state index contributed by atoms with van der Waals surface area (Å²) in [5.41, 5.74) is 3.12. The highest BCUT2D eigenvalue weighted by molar-refractivity contribution is 5.93. The lowest BCUT2D eigenvalue weighted by molar-refractivity contribution is 0.0471. The zero-order valence-electron chi connectivity index (χ0n) is 21.3. The number of β-amino-alcohol motifs (C(OH)–C–C–N with tert-alkyl or cyclic N) is 1. The smallest absolute Gasteiger partial charge is 0.272 e. The Morgan fingerprint density at radius 1 is 1.11 bits per heavy atom. The van der Waals surface area contributed by atoms with E-state index in [-0.39, 0.29) is 42.5 Å². The third-order valence-electron chi connectivity index (χ3n) is 6.99. The van der Waals surface area contributed by atoms with Crippen LogP contribution in [0.25, 0.3) is 11.1 Å². The molecule has 1 aliphatic carbocycles. The number of aryl methyl sites for hydroxylation is 1. The van der Waals surface area contributed by atoms with Gasteiger partial charge in [-0.15, -0.1) is 29.9 Å². The molecule has 2 heterocycles. The molecule has 2 N–H and O–H groups in total. The molecule has 0 bridgehead atoms. The number of halogens is 2. The molecule has 1 amide bonds. The van der Waals surface area contributed by atoms with Gasteiger partial charge in [-0.2, -0.15) is 5.10 Å². The van der Waals surface area contributed by atoms with Crippen LogP contribution in [-0.2, 0) is 6.42 Å². The number of amides is 1. The van der Waals surface area contributed by atoms with Crippen LogP contribution in [-0.4, -0.2) is 64.5 Å². The molecule has 2 aliphatic rings. The Bertz CT molecular complexity index is 955. The number of carbonyl (C=O) groups is 1. The van der Waals surface area contributed by atoms with Crippen LogP contribution in [0.5, 0.6) is 5.75 Å². The van der Waals surface area contributed by atoms with E-state index in [0.29, 0.717) is 19.1 Å². The molecule has 2 fully saturated rings. The van der Waals surface area contributed by atoms with Crippen LogP contribution >= 0.6 is 24.8 Å². The number of unbranched alkanes of at least 4 members (excludes halogenated alkanes) is 1. The predicted octanol–water partition coefficient (Wildman–Crippen LogP) is 4.84. The van der Waals surface area contributed by atoms with Gasteiger partial charge in [0.2, 0.25) is 0 Å². The Kier molecular flexibility index (Phi) is 12.4. The maximum Gasteiger partial charge on any atom is 0.272 e. The van der Waals surface area contributed by atoms with Crippen molar-refractivity contribution in [3.05, 3.63) is 41.7 Å². The van der Waals surface area contributed by atoms with Crippen LogP contribution in [0.4, 0.5) is 0 Å². The van der Waals surface area contributed by atoms with Crippen molar-refractivity contribution < 1.29 is 14.6 Å². The van der Waals surface area contributed by atoms with Crippen LogP contribution in [0.2, 0.25) is 0 Å². The summed E-state index contributed by atoms with van der Waals surface area (Å²) < 4.78 is 6.19. The minimum atomic E-state index is -0.587. The summed E-state index contributed by atoms with van der Waals surface area (Å²) >= 11 is 0. The minimum Gasteiger partial charge on any atom is -0.490 e. The number of benzene rings is 1. The highest BCUT2D eigenvalue weighted by Gasteiger charge is 2.28. The summed E-state index contributed by atoms with van der Waals surface area (Å²) in [6, 6.07) is 9.70. The van der Waals surface area contributed by atoms with Gasteiger partial charge in [0.05, 0.1) is 23.9 Å². The Hall–Kier alpha value is -1.93. The molecule has 36 heavy (non-hydrogen) atoms. The van der Waals surface area contributed by atoms with Crippen molar-refractivity contribution in [3.8, 4) is 16.9 Å². The molecule has 1 aliphatic heterocycles. The van der Waals surface area contributed by atoms with Crippen molar-refractivity contribution in [3.63, 3.8) is 0 Å². The molecule has 9 heteroatoms. The summed E-state index contributed by atoms with van der Waals surface area (Å²) in [7, 11) is 1.97. The van der Waals surface area contributed by atoms with Crippen molar-refractivity contribution in [2.75, 3.05) is 20.1 Å². The van der Waals surface area contributed by atoms with Crippen molar-refractivity contribution in [1.29, 1.82) is 0 Å². The molecule has 1 saturated carbocycles. The van der Waals surface area contributed by atoms with Crippen LogP contribution in [0.3, 0.4) is 0 Å². The van der Waals surface area contributed by atoms with E-state index in [4.69, 9.17) is 4.74 Å². The number of carbonyl (C=O) groups excluding carboxylic acids is 1. The Balaban J connectivity index is 0.00000228. The number of piperidine rings is 1. The summed E-state index contributed by atoms with van der Waals surface area (Å²) in [5.74, 6) is 0.601. The van der Waals surface area contributed by atoms with Gasteiger partial charge in [-0.3, -0.25) is 4.79 Å². The monoisotopic (exact) mass is 538 g/mol. The Labute approximate surface area is 227 Å². The molecule has 2 aromatic rings. The van der Waals surface area contributed by atoms with Gasteiger partial charge in [0.15, 0.2) is 5.69 Å². The number of likely N-dealkylation sites (N-methyl/N-ethyl adjacent to an activating group) is 1. The van der Waals surface area contributed by atoms with E-state index in [1.807, 2.05) is 37.4 Å². The molecule has 1 aromatic carbocycles. The van der Waals surface area contributed by atoms with Gasteiger partial charge in [0, 0.05) is 12.1 Å². The number of aliphatic hydroxyl groups is 1. The standard InChI is InChI=1S/C27H38N4O3.2ClH/c1-3-4-10-23-22(19-11-13-21(14-12-19)34-20-8-6-5-7-9-20)17-25(30-29-23)27(33)28-24-15-16-31(2)18-26(24)32;;/h11-14,17,20,24,26,32H,3-10,15-16,18H2,1-2H3,(H,28,33);2*1H. The molecule has 1 saturated heterocycles. The van der Waals surface area contributed by atoms with E-state index in [1.54, 1.807) is 0 Å². The van der Waals surface area contributed by atoms with E-state index in [1.165, 1.54) is 19.3 Å². The zero-order chi connectivity index (χ0) is 23.9. The number of hydrogen-bond acceptors (Lipinski definition) is 6. The molecule has 0 spiro atoms. The first-order chi connectivity index (χ1) is 16.5. The fourth-order valence-corrected chi connectivity index (χ4v) is 4.90. The number of nitrogens with zero attached hydrogens (tertiary/aromatic N) is 3. The van der Waals surface area contributed by atoms with Gasteiger partial charge in [-0.1, -0.05) is 31.9 Å². The van der Waals surface area contributed by atoms with Gasteiger partial charge < -0.3 is 20.1 Å². The number of hydrogen-bond donors (Lipinski definition) is 2. The molecule has 2 atom stereocenters. The Morgan fingerprint density at radius 3 is 2.50 bits per heavy atom. The lowest BCUT2D eigenvalue weighted by atomic mass is 9.97. The predicted molar refractivity (Wildman–Crippen MR) is 147 cm³/mol. The minimum absolute atomic E-state index is 0. The van der Waals surface area contributed by atoms with Crippen LogP contribution in [0.15, 0.2) is 30.3 Å². The van der Waals surface area contributed by atoms with Gasteiger partial charge in [-0.25, -0.2) is 0 Å². The summed E-state index contributed by atoms with van der Waals surface area (Å²) in [5, 5.41) is 22.0. The van der Waals surface area contributed by atoms with E-state index in [0.717, 1.165) is 61.2 Å². The topological polar surface area (TPSA) is 87.6 Å². The van der Waals surface area contributed by atoms with E-state index in [9.17, 15) is 9.90 Å². The number of aliphatic hydroxyl groups excluding tert-OH is 1. The summed E-state index contributed by atoms with van der Waals surface area (Å²) in [6.45, 7) is 3.54. The highest BCUT2D eigenvalue weighted by atomic mass is 35.5. The van der Waals surface area contributed by atoms with Gasteiger partial charge >= 0.3 is 0 Å². The molecule has 1 aromatic heterocycles. The second-order valence-electron chi connectivity index (χ2n) is 9.79. The van der Waals surface area contributed by atoms with Gasteiger partial charge in [-0.05, 0) is 82.3 Å². The fourth-order valence-electron chi connectivity index (χ4n) is 4.90. The number of nitrogens with one attached hydrogen (secondary N) is 1. The molecular formula is C27H40Cl2N4O3. The second kappa shape index (κ2) is 14.7. The van der Waals surface area contributed by atoms with Gasteiger partial charge in [0.25, 0.3) is 5.91 Å². The average Bonchev–Trinajstić information content (AvgIpc) is 2.85. The highest BCUT2D eigenvalue weighted by Crippen LogP contribution is 2.28. The first-order valence-electron chi connectivity index (χ1n) is 12.8. The SMILES string of the molecule is CCCCc1nnc(C(=O)NC2CCN(C)CC2O)cc1-c1ccc(OC2CCCCC2)cc1.Cl.Cl. The third-order valence-corrected chi connectivity index (χ3v) is 6.99. The van der Waals surface area contributed by atoms with Crippen LogP contribution in [0, 0.1) is 0 Å². The first-order valence-corrected chi connectivity index (χ1v) is 12.8. The van der Waals surface area contributed by atoms with Crippen molar-refractivity contribution in [1.82, 2.24) is 20.4 Å². The Morgan fingerprint density at radius 2 is 1.83 bits per heavy atom. The fraction of sp³-hybridized carbons (Fsp3) is 0.593. The molecule has 2 unspecified atom stereocenters. The average molecular weight is 540 g/mol. The quantitative estimate of drug-likeness (QED) is 0.500. The number of rotatable bonds is 8. The first kappa shape index (κ1) is 30.3. The van der Waals surface area contributed by atoms with Gasteiger partial charge in [0.1, 0.15) is 5.75 Å². The molecule has 7 nitrogen and oxygen atoms in total. The largest absolute Gasteiger partial charge is 0.490 e. The van der Waals surface area contributed by atoms with Crippen LogP contribution in [0.1, 0.15) is 74.5 Å². The van der Waals surface area contributed by atoms with Crippen molar-refractivity contribution >= 4 is 30.7 Å². The van der Waals surface area contributed by atoms with Crippen molar-refractivity contribution in [2.24, 2.45) is 0 Å². The molecular weight excluding hydrogens is 499 g/mol. The number of likely N-dealkylation sites (tertiary alicyclic amines) is 1. The van der Waals surface area contributed by atoms with E-state index < -0.39 is 6.10 Å². The lowest BCUT2D eigenvalue weighted by Gasteiger charge is -2.33. The summed E-state index contributed by atoms with van der Waals surface area (Å²) in [4.78, 5) is 15.0. The maximum absolute atomic E-state index is 13.0. The van der Waals surface area contributed by atoms with E-state index >= 15 is 0 Å². The van der Waals surface area contributed by atoms with Crippen molar-refractivity contribution in [2.45, 2.75) is 83.0 Å². The van der Waals surface area contributed by atoms with Crippen LogP contribution < -0.4 is 10.1 Å². The summed E-state index contributed by atoms with van der Waals surface area (Å²) in [6.07, 6.45) is 9.36. The maximum atomic E-state index is 13.0. The lowest BCUT2D eigenvalue weighted by Crippen LogP contribution is -2.53. The number of ether oxygens (including phenoxy) is 1. The molecule has 0 radical (unpaired) electrons. The normalized spacial score (nSPS) is 20.6. The molecule has 200 valence electrons. The molecule has 4 rings (SSSR count). The van der Waals surface area contributed by atoms with E-state index in [2.05, 4.69) is 27.3 Å². The second-order valence-corrected chi connectivity index (χ2v) is 9.79.